The zero-order valence-electron chi connectivity index (χ0n) is 23.2. The molecule has 1 saturated heterocycles. The molecule has 39 heavy (non-hydrogen) atoms. The van der Waals surface area contributed by atoms with Crippen molar-refractivity contribution in [3.63, 3.8) is 0 Å². The molecule has 3 rings (SSSR count). The average Bonchev–Trinajstić information content (AvgIpc) is 2.92. The van der Waals surface area contributed by atoms with Gasteiger partial charge in [-0.3, -0.25) is 4.79 Å². The predicted molar refractivity (Wildman–Crippen MR) is 150 cm³/mol. The fraction of sp³-hybridized carbons (Fsp3) is 0.452. The van der Waals surface area contributed by atoms with Crippen molar-refractivity contribution in [2.45, 2.75) is 64.6 Å². The molecule has 2 aromatic rings. The number of carboxylic acid groups (broad SMARTS) is 2. The van der Waals surface area contributed by atoms with Crippen molar-refractivity contribution in [1.82, 2.24) is 4.90 Å². The first-order valence-corrected chi connectivity index (χ1v) is 13.4. The van der Waals surface area contributed by atoms with Crippen molar-refractivity contribution in [1.29, 1.82) is 0 Å². The minimum absolute atomic E-state index is 0.0175. The van der Waals surface area contributed by atoms with Crippen molar-refractivity contribution in [2.75, 3.05) is 26.7 Å². The van der Waals surface area contributed by atoms with E-state index < -0.39 is 11.9 Å². The maximum absolute atomic E-state index is 11.2. The average molecular weight is 540 g/mol. The second-order valence-electron chi connectivity index (χ2n) is 9.78. The molecule has 0 radical (unpaired) electrons. The van der Waals surface area contributed by atoms with Gasteiger partial charge in [0.05, 0.1) is 13.2 Å². The number of benzene rings is 2. The summed E-state index contributed by atoms with van der Waals surface area (Å²) < 4.78 is 11.4. The second kappa shape index (κ2) is 17.2. The SMILES string of the molecule is COC(=O)CCCCCN1CCC(OC(c2ccc(C)cc2)c2ccc(C)cc2)CC1.O=C(O)C=CC(=O)O. The van der Waals surface area contributed by atoms with Crippen LogP contribution in [0.2, 0.25) is 0 Å². The third-order valence-corrected chi connectivity index (χ3v) is 6.57. The third kappa shape index (κ3) is 12.7. The zero-order chi connectivity index (χ0) is 28.6. The van der Waals surface area contributed by atoms with Gasteiger partial charge in [0.25, 0.3) is 0 Å². The van der Waals surface area contributed by atoms with Crippen LogP contribution in [0, 0.1) is 13.8 Å². The van der Waals surface area contributed by atoms with Gasteiger partial charge < -0.3 is 24.6 Å². The lowest BCUT2D eigenvalue weighted by Gasteiger charge is -2.34. The number of rotatable bonds is 12. The van der Waals surface area contributed by atoms with Gasteiger partial charge in [-0.15, -0.1) is 0 Å². The molecule has 1 heterocycles. The number of carboxylic acids is 2. The Balaban J connectivity index is 0.000000580. The molecule has 0 aliphatic carbocycles. The highest BCUT2D eigenvalue weighted by Gasteiger charge is 2.24. The molecule has 8 nitrogen and oxygen atoms in total. The van der Waals surface area contributed by atoms with E-state index in [-0.39, 0.29) is 18.2 Å². The third-order valence-electron chi connectivity index (χ3n) is 6.57. The Kier molecular flexibility index (Phi) is 14.0. The molecule has 0 aromatic heterocycles. The molecule has 0 amide bonds. The molecule has 2 N–H and O–H groups in total. The smallest absolute Gasteiger partial charge is 0.328 e. The van der Waals surface area contributed by atoms with E-state index in [1.54, 1.807) is 0 Å². The number of carbonyl (C=O) groups is 3. The molecule has 212 valence electrons. The molecule has 0 atom stereocenters. The van der Waals surface area contributed by atoms with E-state index in [1.807, 2.05) is 0 Å². The minimum atomic E-state index is -1.26. The van der Waals surface area contributed by atoms with Gasteiger partial charge in [0.2, 0.25) is 0 Å². The lowest BCUT2D eigenvalue weighted by atomic mass is 9.98. The highest BCUT2D eigenvalue weighted by atomic mass is 16.5. The number of piperidine rings is 1. The number of carbonyl (C=O) groups excluding carboxylic acids is 1. The number of ether oxygens (including phenoxy) is 2. The van der Waals surface area contributed by atoms with E-state index in [1.165, 1.54) is 29.4 Å². The Labute approximate surface area is 231 Å². The summed E-state index contributed by atoms with van der Waals surface area (Å²) in [5, 5.41) is 15.6. The van der Waals surface area contributed by atoms with Crippen molar-refractivity contribution < 1.29 is 34.1 Å². The standard InChI is InChI=1S/C27H37NO3.C4H4O4/c1-21-8-12-23(13-9-21)27(24-14-10-22(2)11-15-24)31-25-16-19-28(20-17-25)18-6-4-5-7-26(29)30-3;5-3(6)1-2-4(7)8/h8-15,25,27H,4-7,16-20H2,1-3H3;1-2H,(H,5,6)(H,7,8). The maximum Gasteiger partial charge on any atom is 0.328 e. The first-order valence-electron chi connectivity index (χ1n) is 13.4. The van der Waals surface area contributed by atoms with Gasteiger partial charge in [-0.1, -0.05) is 66.1 Å². The van der Waals surface area contributed by atoms with Crippen molar-refractivity contribution in [2.24, 2.45) is 0 Å². The van der Waals surface area contributed by atoms with Crippen LogP contribution in [0.3, 0.4) is 0 Å². The van der Waals surface area contributed by atoms with Gasteiger partial charge in [0.15, 0.2) is 0 Å². The number of nitrogens with zero attached hydrogens (tertiary/aromatic N) is 1. The Bertz CT molecular complexity index is 994. The molecule has 1 aliphatic rings. The fourth-order valence-electron chi connectivity index (χ4n) is 4.32. The number of esters is 1. The summed E-state index contributed by atoms with van der Waals surface area (Å²) in [5.41, 5.74) is 4.99. The maximum atomic E-state index is 11.2. The van der Waals surface area contributed by atoms with Gasteiger partial charge in [-0.05, 0) is 57.2 Å². The van der Waals surface area contributed by atoms with Crippen LogP contribution in [-0.2, 0) is 23.9 Å². The highest BCUT2D eigenvalue weighted by molar-refractivity contribution is 5.89. The van der Waals surface area contributed by atoms with E-state index in [2.05, 4.69) is 67.3 Å². The van der Waals surface area contributed by atoms with E-state index in [0.29, 0.717) is 18.6 Å². The Morgan fingerprint density at radius 3 is 1.77 bits per heavy atom. The van der Waals surface area contributed by atoms with Gasteiger partial charge >= 0.3 is 17.9 Å². The van der Waals surface area contributed by atoms with Crippen molar-refractivity contribution >= 4 is 17.9 Å². The molecule has 0 spiro atoms. The molecule has 1 aliphatic heterocycles. The van der Waals surface area contributed by atoms with E-state index in [9.17, 15) is 14.4 Å². The number of unbranched alkanes of at least 4 members (excludes halogenated alkanes) is 2. The second-order valence-corrected chi connectivity index (χ2v) is 9.78. The zero-order valence-corrected chi connectivity index (χ0v) is 23.2. The first kappa shape index (κ1) is 31.7. The topological polar surface area (TPSA) is 113 Å². The summed E-state index contributed by atoms with van der Waals surface area (Å²) in [4.78, 5) is 32.8. The molecular formula is C31H41NO7. The summed E-state index contributed by atoms with van der Waals surface area (Å²) >= 11 is 0. The van der Waals surface area contributed by atoms with Crippen LogP contribution in [0.4, 0.5) is 0 Å². The summed E-state index contributed by atoms with van der Waals surface area (Å²) in [6.07, 6.45) is 7.18. The number of methoxy groups -OCH3 is 1. The van der Waals surface area contributed by atoms with Gasteiger partial charge in [-0.2, -0.15) is 0 Å². The number of hydrogen-bond acceptors (Lipinski definition) is 6. The quantitative estimate of drug-likeness (QED) is 0.212. The normalized spacial score (nSPS) is 14.2. The summed E-state index contributed by atoms with van der Waals surface area (Å²) in [5.74, 6) is -2.62. The monoisotopic (exact) mass is 539 g/mol. The van der Waals surface area contributed by atoms with Crippen LogP contribution >= 0.6 is 0 Å². The Morgan fingerprint density at radius 1 is 0.846 bits per heavy atom. The van der Waals surface area contributed by atoms with Crippen LogP contribution in [-0.4, -0.2) is 65.9 Å². The van der Waals surface area contributed by atoms with Crippen LogP contribution in [0.15, 0.2) is 60.7 Å². The van der Waals surface area contributed by atoms with Gasteiger partial charge in [-0.25, -0.2) is 9.59 Å². The lowest BCUT2D eigenvalue weighted by Crippen LogP contribution is -2.38. The van der Waals surface area contributed by atoms with Crippen LogP contribution in [0.5, 0.6) is 0 Å². The van der Waals surface area contributed by atoms with Crippen LogP contribution < -0.4 is 0 Å². The number of likely N-dealkylation sites (tertiary alicyclic amines) is 1. The van der Waals surface area contributed by atoms with E-state index >= 15 is 0 Å². The summed E-state index contributed by atoms with van der Waals surface area (Å²) in [7, 11) is 1.46. The predicted octanol–water partition coefficient (Wildman–Crippen LogP) is 5.32. The molecule has 8 heteroatoms. The number of aryl methyl sites for hydroxylation is 2. The number of aliphatic carboxylic acids is 2. The Hall–Kier alpha value is -3.49. The van der Waals surface area contributed by atoms with Gasteiger partial charge in [0.1, 0.15) is 6.10 Å². The molecule has 1 fully saturated rings. The van der Waals surface area contributed by atoms with Crippen molar-refractivity contribution in [3.8, 4) is 0 Å². The Morgan fingerprint density at radius 2 is 1.33 bits per heavy atom. The van der Waals surface area contributed by atoms with Crippen LogP contribution in [0.1, 0.15) is 66.9 Å². The van der Waals surface area contributed by atoms with Gasteiger partial charge in [0, 0.05) is 31.7 Å². The molecular weight excluding hydrogens is 498 g/mol. The molecule has 0 saturated carbocycles. The van der Waals surface area contributed by atoms with Crippen molar-refractivity contribution in [3.05, 3.63) is 82.9 Å². The summed E-state index contributed by atoms with van der Waals surface area (Å²) in [6, 6.07) is 17.5. The largest absolute Gasteiger partial charge is 0.478 e. The fourth-order valence-corrected chi connectivity index (χ4v) is 4.32. The minimum Gasteiger partial charge on any atom is -0.478 e. The first-order chi connectivity index (χ1) is 18.7. The van der Waals surface area contributed by atoms with Crippen LogP contribution in [0.25, 0.3) is 0 Å². The lowest BCUT2D eigenvalue weighted by molar-refractivity contribution is -0.140. The highest BCUT2D eigenvalue weighted by Crippen LogP contribution is 2.30. The molecule has 2 aromatic carbocycles. The van der Waals surface area contributed by atoms with E-state index in [4.69, 9.17) is 19.7 Å². The summed E-state index contributed by atoms with van der Waals surface area (Å²) in [6.45, 7) is 7.51. The molecule has 0 unspecified atom stereocenters. The number of hydrogen-bond donors (Lipinski definition) is 2. The molecule has 0 bridgehead atoms. The van der Waals surface area contributed by atoms with E-state index in [0.717, 1.165) is 51.7 Å².